The average molecular weight is 290 g/mol. The Morgan fingerprint density at radius 1 is 1.19 bits per heavy atom. The van der Waals surface area contributed by atoms with Crippen molar-refractivity contribution in [2.45, 2.75) is 19.3 Å². The van der Waals surface area contributed by atoms with Crippen molar-refractivity contribution in [1.82, 2.24) is 5.32 Å². The minimum absolute atomic E-state index is 0.572. The van der Waals surface area contributed by atoms with E-state index in [4.69, 9.17) is 0 Å². The topological polar surface area (TPSA) is 12.0 Å². The molecule has 0 radical (unpaired) electrons. The van der Waals surface area contributed by atoms with Crippen LogP contribution in [0.5, 0.6) is 0 Å². The lowest BCUT2D eigenvalue weighted by atomic mass is 9.91. The number of piperidine rings is 1. The minimum Gasteiger partial charge on any atom is -0.317 e. The smallest absolute Gasteiger partial charge is 0.159 e. The molecule has 2 rings (SSSR count). The second-order valence-electron chi connectivity index (χ2n) is 4.26. The average Bonchev–Trinajstić information content (AvgIpc) is 2.27. The van der Waals surface area contributed by atoms with Crippen molar-refractivity contribution in [2.24, 2.45) is 5.92 Å². The fraction of sp³-hybridized carbons (Fsp3) is 0.500. The monoisotopic (exact) mass is 289 g/mol. The maximum Gasteiger partial charge on any atom is 0.159 e. The molecule has 4 heteroatoms. The highest BCUT2D eigenvalue weighted by Crippen LogP contribution is 2.26. The van der Waals surface area contributed by atoms with Crippen molar-refractivity contribution in [1.29, 1.82) is 0 Å². The Morgan fingerprint density at radius 2 is 1.81 bits per heavy atom. The van der Waals surface area contributed by atoms with Crippen molar-refractivity contribution in [3.05, 3.63) is 33.8 Å². The van der Waals surface area contributed by atoms with E-state index in [9.17, 15) is 8.78 Å². The molecule has 0 aliphatic carbocycles. The molecule has 0 bridgehead atoms. The molecular formula is C12H14BrF2N. The quantitative estimate of drug-likeness (QED) is 0.824. The van der Waals surface area contributed by atoms with Crippen LogP contribution in [0.15, 0.2) is 16.6 Å². The maximum absolute atomic E-state index is 13.1. The molecule has 1 fully saturated rings. The molecule has 1 aliphatic heterocycles. The highest BCUT2D eigenvalue weighted by Gasteiger charge is 2.16. The van der Waals surface area contributed by atoms with Gasteiger partial charge in [0.25, 0.3) is 0 Å². The van der Waals surface area contributed by atoms with E-state index in [-0.39, 0.29) is 0 Å². The van der Waals surface area contributed by atoms with Crippen LogP contribution in [0.4, 0.5) is 8.78 Å². The van der Waals surface area contributed by atoms with Gasteiger partial charge in [0.15, 0.2) is 11.6 Å². The van der Waals surface area contributed by atoms with Gasteiger partial charge >= 0.3 is 0 Å². The van der Waals surface area contributed by atoms with Gasteiger partial charge in [-0.25, -0.2) is 8.78 Å². The summed E-state index contributed by atoms with van der Waals surface area (Å²) in [6.45, 7) is 2.04. The summed E-state index contributed by atoms with van der Waals surface area (Å²) in [6.07, 6.45) is 3.02. The molecule has 1 aliphatic rings. The third-order valence-electron chi connectivity index (χ3n) is 3.06. The first-order valence-corrected chi connectivity index (χ1v) is 6.30. The summed E-state index contributed by atoms with van der Waals surface area (Å²) in [7, 11) is 0. The summed E-state index contributed by atoms with van der Waals surface area (Å²) in [5.74, 6) is -0.976. The number of hydrogen-bond donors (Lipinski definition) is 1. The normalized spacial score (nSPS) is 17.7. The lowest BCUT2D eigenvalue weighted by molar-refractivity contribution is 0.371. The lowest BCUT2D eigenvalue weighted by Gasteiger charge is -2.23. The Morgan fingerprint density at radius 3 is 2.50 bits per heavy atom. The fourth-order valence-corrected chi connectivity index (χ4v) is 2.59. The summed E-state index contributed by atoms with van der Waals surface area (Å²) in [5, 5.41) is 3.29. The Hall–Kier alpha value is -0.480. The van der Waals surface area contributed by atoms with E-state index in [1.165, 1.54) is 12.1 Å². The predicted molar refractivity (Wildman–Crippen MR) is 63.4 cm³/mol. The summed E-state index contributed by atoms with van der Waals surface area (Å²) < 4.78 is 26.7. The third kappa shape index (κ3) is 2.80. The molecular weight excluding hydrogens is 276 g/mol. The van der Waals surface area contributed by atoms with E-state index in [1.54, 1.807) is 0 Å². The maximum atomic E-state index is 13.1. The van der Waals surface area contributed by atoms with Gasteiger partial charge in [0.1, 0.15) is 0 Å². The molecule has 0 spiro atoms. The van der Waals surface area contributed by atoms with Crippen LogP contribution in [0.25, 0.3) is 0 Å². The molecule has 1 heterocycles. The van der Waals surface area contributed by atoms with Crippen LogP contribution in [0, 0.1) is 17.6 Å². The number of nitrogens with one attached hydrogen (secondary N) is 1. The highest BCUT2D eigenvalue weighted by atomic mass is 79.9. The van der Waals surface area contributed by atoms with E-state index in [0.717, 1.165) is 37.9 Å². The van der Waals surface area contributed by atoms with Gasteiger partial charge in [-0.2, -0.15) is 0 Å². The van der Waals surface area contributed by atoms with Crippen LogP contribution in [-0.4, -0.2) is 13.1 Å². The van der Waals surface area contributed by atoms with Crippen LogP contribution >= 0.6 is 15.9 Å². The molecule has 0 aromatic heterocycles. The second kappa shape index (κ2) is 5.23. The largest absolute Gasteiger partial charge is 0.317 e. The van der Waals surface area contributed by atoms with Gasteiger partial charge in [0, 0.05) is 4.47 Å². The van der Waals surface area contributed by atoms with Gasteiger partial charge < -0.3 is 5.32 Å². The molecule has 0 saturated carbocycles. The molecule has 0 unspecified atom stereocenters. The number of hydrogen-bond acceptors (Lipinski definition) is 1. The van der Waals surface area contributed by atoms with E-state index in [2.05, 4.69) is 21.2 Å². The first-order chi connectivity index (χ1) is 7.66. The number of rotatable bonds is 2. The minimum atomic E-state index is -0.791. The van der Waals surface area contributed by atoms with E-state index >= 15 is 0 Å². The standard InChI is InChI=1S/C12H14BrF2N/c13-10-7-12(15)11(14)6-9(10)5-8-1-3-16-4-2-8/h6-8,16H,1-5H2. The summed E-state index contributed by atoms with van der Waals surface area (Å²) in [5.41, 5.74) is 0.866. The Bertz CT molecular complexity index is 376. The van der Waals surface area contributed by atoms with Gasteiger partial charge in [-0.3, -0.25) is 0 Å². The van der Waals surface area contributed by atoms with E-state index in [1.807, 2.05) is 0 Å². The van der Waals surface area contributed by atoms with Gasteiger partial charge in [0.2, 0.25) is 0 Å². The van der Waals surface area contributed by atoms with Gasteiger partial charge in [-0.05, 0) is 56.0 Å². The van der Waals surface area contributed by atoms with Crippen molar-refractivity contribution < 1.29 is 8.78 Å². The Balaban J connectivity index is 2.11. The van der Waals surface area contributed by atoms with Crippen molar-refractivity contribution >= 4 is 15.9 Å². The zero-order chi connectivity index (χ0) is 11.5. The zero-order valence-corrected chi connectivity index (χ0v) is 10.5. The van der Waals surface area contributed by atoms with Crippen LogP contribution in [0.3, 0.4) is 0 Å². The third-order valence-corrected chi connectivity index (χ3v) is 3.79. The van der Waals surface area contributed by atoms with Gasteiger partial charge in [-0.15, -0.1) is 0 Å². The molecule has 0 atom stereocenters. The fourth-order valence-electron chi connectivity index (χ4n) is 2.12. The van der Waals surface area contributed by atoms with E-state index in [0.29, 0.717) is 10.4 Å². The summed E-state index contributed by atoms with van der Waals surface area (Å²) >= 11 is 3.29. The van der Waals surface area contributed by atoms with Crippen LogP contribution in [-0.2, 0) is 6.42 Å². The molecule has 1 aromatic carbocycles. The van der Waals surface area contributed by atoms with Crippen LogP contribution in [0.1, 0.15) is 18.4 Å². The van der Waals surface area contributed by atoms with Gasteiger partial charge in [0.05, 0.1) is 0 Å². The SMILES string of the molecule is Fc1cc(Br)c(CC2CCNCC2)cc1F. The molecule has 88 valence electrons. The predicted octanol–water partition coefficient (Wildman–Crippen LogP) is 3.27. The number of benzene rings is 1. The molecule has 0 amide bonds. The van der Waals surface area contributed by atoms with Crippen LogP contribution in [0.2, 0.25) is 0 Å². The lowest BCUT2D eigenvalue weighted by Crippen LogP contribution is -2.28. The van der Waals surface area contributed by atoms with Crippen molar-refractivity contribution in [3.63, 3.8) is 0 Å². The number of halogens is 3. The summed E-state index contributed by atoms with van der Waals surface area (Å²) in [6, 6.07) is 2.52. The van der Waals surface area contributed by atoms with E-state index < -0.39 is 11.6 Å². The van der Waals surface area contributed by atoms with Gasteiger partial charge in [-0.1, -0.05) is 15.9 Å². The Kier molecular flexibility index (Phi) is 3.92. The van der Waals surface area contributed by atoms with Crippen molar-refractivity contribution in [2.75, 3.05) is 13.1 Å². The molecule has 1 saturated heterocycles. The molecule has 16 heavy (non-hydrogen) atoms. The van der Waals surface area contributed by atoms with Crippen molar-refractivity contribution in [3.8, 4) is 0 Å². The molecule has 1 nitrogen and oxygen atoms in total. The van der Waals surface area contributed by atoms with Crippen LogP contribution < -0.4 is 5.32 Å². The second-order valence-corrected chi connectivity index (χ2v) is 5.11. The first kappa shape index (κ1) is 12.0. The molecule has 1 N–H and O–H groups in total. The Labute approximate surface area is 102 Å². The zero-order valence-electron chi connectivity index (χ0n) is 8.90. The summed E-state index contributed by atoms with van der Waals surface area (Å²) in [4.78, 5) is 0. The first-order valence-electron chi connectivity index (χ1n) is 5.51. The highest BCUT2D eigenvalue weighted by molar-refractivity contribution is 9.10. The molecule has 1 aromatic rings.